The summed E-state index contributed by atoms with van der Waals surface area (Å²) in [5, 5.41) is 0. The van der Waals surface area contributed by atoms with Crippen molar-refractivity contribution in [2.45, 2.75) is 28.7 Å². The van der Waals surface area contributed by atoms with Gasteiger partial charge in [0.1, 0.15) is 11.8 Å². The fourth-order valence-electron chi connectivity index (χ4n) is 4.84. The predicted molar refractivity (Wildman–Crippen MR) is 157 cm³/mol. The number of amides is 1. The molecule has 0 aliphatic carbocycles. The molecule has 40 heavy (non-hydrogen) atoms. The fraction of sp³-hybridized carbons (Fsp3) is 0.161. The van der Waals surface area contributed by atoms with Crippen molar-refractivity contribution in [2.75, 3.05) is 12.0 Å². The summed E-state index contributed by atoms with van der Waals surface area (Å²) in [5.74, 6) is -0.611. The van der Waals surface area contributed by atoms with Gasteiger partial charge in [-0.2, -0.15) is 4.72 Å². The minimum absolute atomic E-state index is 0.0162. The summed E-state index contributed by atoms with van der Waals surface area (Å²) in [6, 6.07) is 27.7. The van der Waals surface area contributed by atoms with E-state index in [-0.39, 0.29) is 17.0 Å². The van der Waals surface area contributed by atoms with Gasteiger partial charge in [0.15, 0.2) is 10.1 Å². The van der Waals surface area contributed by atoms with Crippen LogP contribution in [-0.2, 0) is 25.7 Å². The number of ether oxygens (including phenoxy) is 1. The summed E-state index contributed by atoms with van der Waals surface area (Å²) in [6.45, 7) is 2.09. The second kappa shape index (κ2) is 11.0. The van der Waals surface area contributed by atoms with Crippen LogP contribution in [0.4, 0.5) is 5.69 Å². The van der Waals surface area contributed by atoms with Crippen molar-refractivity contribution < 1.29 is 22.7 Å². The van der Waals surface area contributed by atoms with Gasteiger partial charge in [-0.05, 0) is 42.8 Å². The number of nitrogens with one attached hydrogen (secondary N) is 1. The van der Waals surface area contributed by atoms with Gasteiger partial charge in [0, 0.05) is 16.8 Å². The Labute approximate surface area is 242 Å². The predicted octanol–water partition coefficient (Wildman–Crippen LogP) is 5.37. The molecule has 0 saturated heterocycles. The number of methoxy groups -OCH3 is 1. The molecule has 0 aromatic heterocycles. The maximum atomic E-state index is 14.3. The number of fused-ring (bicyclic) bond motifs is 1. The molecule has 0 unspecified atom stereocenters. The topological polar surface area (TPSA) is 92.8 Å². The van der Waals surface area contributed by atoms with Crippen molar-refractivity contribution in [1.82, 2.24) is 4.72 Å². The first-order valence-electron chi connectivity index (χ1n) is 12.6. The van der Waals surface area contributed by atoms with E-state index in [0.717, 1.165) is 11.1 Å². The Morgan fingerprint density at radius 3 is 2.33 bits per heavy atom. The summed E-state index contributed by atoms with van der Waals surface area (Å²) >= 11 is 3.63. The smallest absolute Gasteiger partial charge is 0.250 e. The van der Waals surface area contributed by atoms with Crippen molar-refractivity contribution in [3.8, 4) is 5.75 Å². The maximum absolute atomic E-state index is 14.3. The number of ketones is 1. The van der Waals surface area contributed by atoms with Gasteiger partial charge in [0.2, 0.25) is 10.0 Å². The number of alkyl halides is 1. The number of Topliss-reactive ketones (excluding diaryl/α,β-unsaturated/α-hetero) is 1. The zero-order valence-corrected chi connectivity index (χ0v) is 24.3. The molecule has 0 fully saturated rings. The van der Waals surface area contributed by atoms with Gasteiger partial charge < -0.3 is 9.64 Å². The molecule has 9 heteroatoms. The molecule has 0 bridgehead atoms. The van der Waals surface area contributed by atoms with E-state index in [9.17, 15) is 18.0 Å². The van der Waals surface area contributed by atoms with Crippen LogP contribution in [-0.4, -0.2) is 33.3 Å². The van der Waals surface area contributed by atoms with Crippen LogP contribution in [0.25, 0.3) is 0 Å². The molecular weight excluding hydrogens is 592 g/mol. The lowest BCUT2D eigenvalue weighted by atomic mass is 9.88. The van der Waals surface area contributed by atoms with Crippen LogP contribution in [0.3, 0.4) is 0 Å². The van der Waals surface area contributed by atoms with E-state index < -0.39 is 32.1 Å². The molecule has 5 rings (SSSR count). The third-order valence-electron chi connectivity index (χ3n) is 6.95. The lowest BCUT2D eigenvalue weighted by molar-refractivity contribution is -0.120. The molecule has 1 aliphatic heterocycles. The summed E-state index contributed by atoms with van der Waals surface area (Å²) in [4.78, 5) is 30.1. The molecule has 4 aromatic carbocycles. The number of para-hydroxylation sites is 1. The zero-order chi connectivity index (χ0) is 28.5. The van der Waals surface area contributed by atoms with Crippen molar-refractivity contribution in [3.63, 3.8) is 0 Å². The normalized spacial score (nSPS) is 17.4. The lowest BCUT2D eigenvalue weighted by Crippen LogP contribution is -2.56. The number of sulfonamides is 1. The summed E-state index contributed by atoms with van der Waals surface area (Å²) in [7, 11) is -2.75. The van der Waals surface area contributed by atoms with Crippen LogP contribution in [0, 0.1) is 6.92 Å². The van der Waals surface area contributed by atoms with E-state index in [0.29, 0.717) is 17.0 Å². The molecule has 1 heterocycles. The average molecular weight is 620 g/mol. The number of rotatable bonds is 9. The molecule has 1 aliphatic rings. The van der Waals surface area contributed by atoms with Crippen molar-refractivity contribution >= 4 is 43.3 Å². The minimum atomic E-state index is -4.23. The third kappa shape index (κ3) is 5.08. The van der Waals surface area contributed by atoms with Crippen molar-refractivity contribution in [3.05, 3.63) is 125 Å². The number of halogens is 1. The Balaban J connectivity index is 1.65. The van der Waals surface area contributed by atoms with Crippen molar-refractivity contribution in [1.29, 1.82) is 0 Å². The van der Waals surface area contributed by atoms with Gasteiger partial charge in [-0.1, -0.05) is 94.3 Å². The largest absolute Gasteiger partial charge is 0.497 e. The first kappa shape index (κ1) is 27.8. The molecule has 0 radical (unpaired) electrons. The van der Waals surface area contributed by atoms with E-state index in [2.05, 4.69) is 20.7 Å². The van der Waals surface area contributed by atoms with E-state index in [1.165, 1.54) is 25.3 Å². The molecule has 204 valence electrons. The first-order valence-corrected chi connectivity index (χ1v) is 14.8. The summed E-state index contributed by atoms with van der Waals surface area (Å²) in [5.41, 5.74) is 3.05. The summed E-state index contributed by atoms with van der Waals surface area (Å²) in [6.07, 6.45) is 0. The van der Waals surface area contributed by atoms with Gasteiger partial charge in [-0.25, -0.2) is 8.42 Å². The molecule has 0 spiro atoms. The molecule has 7 nitrogen and oxygen atoms in total. The van der Waals surface area contributed by atoms with E-state index in [1.807, 2.05) is 37.3 Å². The first-order chi connectivity index (χ1) is 19.1. The third-order valence-corrected chi connectivity index (χ3v) is 9.61. The number of nitrogens with zero attached hydrogens (tertiary/aromatic N) is 1. The highest BCUT2D eigenvalue weighted by Gasteiger charge is 2.57. The molecule has 1 N–H and O–H groups in total. The molecule has 1 amide bonds. The molecular formula is C31H27BrN2O5S. The number of carbonyl (C=O) groups excluding carboxylic acids is 2. The van der Waals surface area contributed by atoms with Gasteiger partial charge >= 0.3 is 0 Å². The zero-order valence-electron chi connectivity index (χ0n) is 21.9. The number of hydrogen-bond acceptors (Lipinski definition) is 5. The van der Waals surface area contributed by atoms with Crippen LogP contribution in [0.1, 0.15) is 27.0 Å². The fourth-order valence-corrected chi connectivity index (χ4v) is 7.09. The maximum Gasteiger partial charge on any atom is 0.250 e. The lowest BCUT2D eigenvalue weighted by Gasteiger charge is -2.31. The van der Waals surface area contributed by atoms with Gasteiger partial charge in [0.25, 0.3) is 5.91 Å². The number of carbonyl (C=O) groups is 2. The van der Waals surface area contributed by atoms with Crippen LogP contribution in [0.15, 0.2) is 108 Å². The SMILES string of the molecule is COc1cccc(C(=O)[C@@H](NS(=O)(=O)c2ccc(C)cc2)[C@@]2(Br)C(=O)N(Cc3ccccc3)c3ccccc32)c1. The highest BCUT2D eigenvalue weighted by atomic mass is 79.9. The van der Waals surface area contributed by atoms with Crippen LogP contribution in [0.2, 0.25) is 0 Å². The number of aryl methyl sites for hydroxylation is 1. The van der Waals surface area contributed by atoms with Gasteiger partial charge in [-0.3, -0.25) is 9.59 Å². The molecule has 2 atom stereocenters. The van der Waals surface area contributed by atoms with Crippen LogP contribution < -0.4 is 14.4 Å². The van der Waals surface area contributed by atoms with E-state index >= 15 is 0 Å². The highest BCUT2D eigenvalue weighted by Crippen LogP contribution is 2.49. The second-order valence-corrected chi connectivity index (χ2v) is 12.5. The van der Waals surface area contributed by atoms with Gasteiger partial charge in [0.05, 0.1) is 18.6 Å². The Bertz CT molecular complexity index is 1680. The second-order valence-electron chi connectivity index (χ2n) is 9.57. The van der Waals surface area contributed by atoms with Crippen molar-refractivity contribution in [2.24, 2.45) is 0 Å². The number of benzene rings is 4. The average Bonchev–Trinajstić information content (AvgIpc) is 3.19. The quantitative estimate of drug-likeness (QED) is 0.201. The Morgan fingerprint density at radius 2 is 1.62 bits per heavy atom. The van der Waals surface area contributed by atoms with Gasteiger partial charge in [-0.15, -0.1) is 0 Å². The number of anilines is 1. The standard InChI is InChI=1S/C31H27BrN2O5S/c1-21-15-17-25(18-16-21)40(37,38)33-29(28(35)23-11-8-12-24(19-23)39-2)31(32)26-13-6-7-14-27(26)34(30(31)36)20-22-9-4-3-5-10-22/h3-19,29,33H,20H2,1-2H3/t29-,31-/m1/s1. The van der Waals surface area contributed by atoms with E-state index in [1.54, 1.807) is 59.5 Å². The molecule has 4 aromatic rings. The summed E-state index contributed by atoms with van der Waals surface area (Å²) < 4.78 is 33.5. The molecule has 0 saturated carbocycles. The van der Waals surface area contributed by atoms with Crippen LogP contribution in [0.5, 0.6) is 5.75 Å². The Kier molecular flexibility index (Phi) is 7.63. The minimum Gasteiger partial charge on any atom is -0.497 e. The monoisotopic (exact) mass is 618 g/mol. The highest BCUT2D eigenvalue weighted by molar-refractivity contribution is 9.10. The van der Waals surface area contributed by atoms with Crippen LogP contribution >= 0.6 is 15.9 Å². The Morgan fingerprint density at radius 1 is 0.950 bits per heavy atom. The van der Waals surface area contributed by atoms with E-state index in [4.69, 9.17) is 4.74 Å². The number of hydrogen-bond donors (Lipinski definition) is 1. The Hall–Kier alpha value is -3.79.